The molecular formula is C17H16FN3O. The summed E-state index contributed by atoms with van der Waals surface area (Å²) < 4.78 is 13.9. The second-order valence-corrected chi connectivity index (χ2v) is 5.13. The summed E-state index contributed by atoms with van der Waals surface area (Å²) in [6.07, 6.45) is 0. The van der Waals surface area contributed by atoms with Gasteiger partial charge in [-0.15, -0.1) is 0 Å². The van der Waals surface area contributed by atoms with E-state index in [1.807, 2.05) is 12.1 Å². The third-order valence-electron chi connectivity index (χ3n) is 3.66. The Morgan fingerprint density at radius 3 is 2.55 bits per heavy atom. The van der Waals surface area contributed by atoms with Crippen molar-refractivity contribution >= 4 is 5.91 Å². The van der Waals surface area contributed by atoms with Crippen molar-refractivity contribution in [3.63, 3.8) is 0 Å². The maximum absolute atomic E-state index is 13.9. The van der Waals surface area contributed by atoms with E-state index in [-0.39, 0.29) is 12.1 Å². The fourth-order valence-corrected chi connectivity index (χ4v) is 2.14. The molecule has 4 nitrogen and oxygen atoms in total. The van der Waals surface area contributed by atoms with Crippen LogP contribution >= 0.6 is 0 Å². The molecule has 0 aliphatic heterocycles. The molecular weight excluding hydrogens is 281 g/mol. The molecule has 1 amide bonds. The van der Waals surface area contributed by atoms with E-state index in [2.05, 4.69) is 5.32 Å². The highest BCUT2D eigenvalue weighted by Crippen LogP contribution is 2.21. The Morgan fingerprint density at radius 2 is 2.00 bits per heavy atom. The zero-order valence-electron chi connectivity index (χ0n) is 12.1. The Balaban J connectivity index is 2.24. The summed E-state index contributed by atoms with van der Waals surface area (Å²) in [5.41, 5.74) is 5.72. The van der Waals surface area contributed by atoms with Crippen molar-refractivity contribution in [1.82, 2.24) is 5.32 Å². The highest BCUT2D eigenvalue weighted by molar-refractivity contribution is 5.85. The molecule has 22 heavy (non-hydrogen) atoms. The number of amides is 1. The van der Waals surface area contributed by atoms with Gasteiger partial charge in [-0.2, -0.15) is 5.26 Å². The first-order valence-electron chi connectivity index (χ1n) is 6.76. The number of carbonyl (C=O) groups is 1. The number of nitrogens with one attached hydrogen (secondary N) is 1. The zero-order valence-corrected chi connectivity index (χ0v) is 12.1. The lowest BCUT2D eigenvalue weighted by Gasteiger charge is -2.28. The molecule has 0 bridgehead atoms. The maximum Gasteiger partial charge on any atom is 0.242 e. The third-order valence-corrected chi connectivity index (χ3v) is 3.66. The van der Waals surface area contributed by atoms with Gasteiger partial charge in [0.1, 0.15) is 11.4 Å². The summed E-state index contributed by atoms with van der Waals surface area (Å²) in [4.78, 5) is 11.9. The van der Waals surface area contributed by atoms with Gasteiger partial charge in [-0.25, -0.2) is 4.39 Å². The van der Waals surface area contributed by atoms with E-state index in [0.717, 1.165) is 0 Å². The standard InChI is InChI=1S/C17H16FN3O/c1-17(16(20)22,14-5-3-2-4-6-14)21-11-13-8-7-12(10-19)9-15(13)18/h2-9,21H,11H2,1H3,(H2,20,22)/t17-/m0/s1. The Bertz CT molecular complexity index is 724. The maximum atomic E-state index is 13.9. The first-order chi connectivity index (χ1) is 10.5. The van der Waals surface area contributed by atoms with Crippen molar-refractivity contribution < 1.29 is 9.18 Å². The lowest BCUT2D eigenvalue weighted by Crippen LogP contribution is -2.50. The SMILES string of the molecule is C[C@@](NCc1ccc(C#N)cc1F)(C(N)=O)c1ccccc1. The number of primary amides is 1. The van der Waals surface area contributed by atoms with Crippen LogP contribution in [0.4, 0.5) is 4.39 Å². The summed E-state index contributed by atoms with van der Waals surface area (Å²) in [6, 6.07) is 15.1. The fraction of sp³-hybridized carbons (Fsp3) is 0.176. The molecule has 0 radical (unpaired) electrons. The molecule has 2 aromatic rings. The Labute approximate surface area is 128 Å². The van der Waals surface area contributed by atoms with Gasteiger partial charge in [0.15, 0.2) is 0 Å². The van der Waals surface area contributed by atoms with Crippen LogP contribution in [-0.4, -0.2) is 5.91 Å². The third kappa shape index (κ3) is 3.13. The van der Waals surface area contributed by atoms with Gasteiger partial charge in [-0.3, -0.25) is 10.1 Å². The van der Waals surface area contributed by atoms with E-state index in [4.69, 9.17) is 11.0 Å². The van der Waals surface area contributed by atoms with Crippen molar-refractivity contribution in [2.45, 2.75) is 19.0 Å². The molecule has 2 aromatic carbocycles. The minimum Gasteiger partial charge on any atom is -0.368 e. The predicted molar refractivity (Wildman–Crippen MR) is 80.9 cm³/mol. The topological polar surface area (TPSA) is 78.9 Å². The predicted octanol–water partition coefficient (Wildman–Crippen LogP) is 2.19. The summed E-state index contributed by atoms with van der Waals surface area (Å²) in [5.74, 6) is -1.04. The number of nitrogens with zero attached hydrogens (tertiary/aromatic N) is 1. The molecule has 0 fully saturated rings. The minimum absolute atomic E-state index is 0.117. The first kappa shape index (κ1) is 15.7. The number of benzene rings is 2. The highest BCUT2D eigenvalue weighted by atomic mass is 19.1. The Kier molecular flexibility index (Phi) is 4.54. The molecule has 0 aliphatic carbocycles. The Morgan fingerprint density at radius 1 is 1.32 bits per heavy atom. The second-order valence-electron chi connectivity index (χ2n) is 5.13. The van der Waals surface area contributed by atoms with Crippen LogP contribution < -0.4 is 11.1 Å². The highest BCUT2D eigenvalue weighted by Gasteiger charge is 2.32. The molecule has 3 N–H and O–H groups in total. The molecule has 2 rings (SSSR count). The van der Waals surface area contributed by atoms with Crippen LogP contribution in [0.1, 0.15) is 23.6 Å². The van der Waals surface area contributed by atoms with Crippen LogP contribution in [0.3, 0.4) is 0 Å². The van der Waals surface area contributed by atoms with Gasteiger partial charge in [0.25, 0.3) is 0 Å². The van der Waals surface area contributed by atoms with Crippen LogP contribution in [0.25, 0.3) is 0 Å². The average molecular weight is 297 g/mol. The van der Waals surface area contributed by atoms with E-state index in [1.165, 1.54) is 18.2 Å². The summed E-state index contributed by atoms with van der Waals surface area (Å²) in [6.45, 7) is 1.78. The molecule has 112 valence electrons. The smallest absolute Gasteiger partial charge is 0.242 e. The molecule has 0 spiro atoms. The first-order valence-corrected chi connectivity index (χ1v) is 6.76. The van der Waals surface area contributed by atoms with Gasteiger partial charge in [0.2, 0.25) is 5.91 Å². The number of halogens is 1. The summed E-state index contributed by atoms with van der Waals surface area (Å²) >= 11 is 0. The molecule has 0 aliphatic rings. The van der Waals surface area contributed by atoms with Crippen LogP contribution in [0, 0.1) is 17.1 Å². The van der Waals surface area contributed by atoms with Crippen LogP contribution in [0.5, 0.6) is 0 Å². The molecule has 0 aromatic heterocycles. The zero-order chi connectivity index (χ0) is 16.2. The van der Waals surface area contributed by atoms with Crippen molar-refractivity contribution in [3.8, 4) is 6.07 Å². The van der Waals surface area contributed by atoms with Crippen LogP contribution in [0.2, 0.25) is 0 Å². The van der Waals surface area contributed by atoms with Crippen molar-refractivity contribution in [1.29, 1.82) is 5.26 Å². The Hall–Kier alpha value is -2.71. The molecule has 0 unspecified atom stereocenters. The normalized spacial score (nSPS) is 13.1. The number of nitriles is 1. The monoisotopic (exact) mass is 297 g/mol. The largest absolute Gasteiger partial charge is 0.368 e. The number of rotatable bonds is 5. The van der Waals surface area contributed by atoms with E-state index in [9.17, 15) is 9.18 Å². The quantitative estimate of drug-likeness (QED) is 0.888. The van der Waals surface area contributed by atoms with Crippen molar-refractivity contribution in [2.24, 2.45) is 5.73 Å². The van der Waals surface area contributed by atoms with Gasteiger partial charge in [-0.1, -0.05) is 36.4 Å². The molecule has 5 heteroatoms. The lowest BCUT2D eigenvalue weighted by molar-refractivity contribution is -0.124. The van der Waals surface area contributed by atoms with Crippen LogP contribution in [0.15, 0.2) is 48.5 Å². The number of nitrogens with two attached hydrogens (primary N) is 1. The van der Waals surface area contributed by atoms with Gasteiger partial charge in [0, 0.05) is 12.1 Å². The molecule has 0 saturated heterocycles. The lowest BCUT2D eigenvalue weighted by atomic mass is 9.91. The molecule has 0 saturated carbocycles. The van der Waals surface area contributed by atoms with Gasteiger partial charge in [0.05, 0.1) is 11.6 Å². The van der Waals surface area contributed by atoms with Gasteiger partial charge in [-0.05, 0) is 24.6 Å². The number of hydrogen-bond acceptors (Lipinski definition) is 3. The second kappa shape index (κ2) is 6.37. The van der Waals surface area contributed by atoms with Crippen LogP contribution in [-0.2, 0) is 16.9 Å². The van der Waals surface area contributed by atoms with E-state index in [0.29, 0.717) is 11.1 Å². The van der Waals surface area contributed by atoms with Crippen molar-refractivity contribution in [2.75, 3.05) is 0 Å². The summed E-state index contributed by atoms with van der Waals surface area (Å²) in [7, 11) is 0. The minimum atomic E-state index is -1.11. The van der Waals surface area contributed by atoms with Gasteiger partial charge >= 0.3 is 0 Å². The number of carbonyl (C=O) groups excluding carboxylic acids is 1. The van der Waals surface area contributed by atoms with E-state index < -0.39 is 17.3 Å². The van der Waals surface area contributed by atoms with E-state index in [1.54, 1.807) is 31.2 Å². The fourth-order valence-electron chi connectivity index (χ4n) is 2.14. The van der Waals surface area contributed by atoms with E-state index >= 15 is 0 Å². The summed E-state index contributed by atoms with van der Waals surface area (Å²) in [5, 5.41) is 11.7. The average Bonchev–Trinajstić information content (AvgIpc) is 2.53. The van der Waals surface area contributed by atoms with Crippen molar-refractivity contribution in [3.05, 3.63) is 71.0 Å². The molecule has 0 heterocycles. The number of hydrogen-bond donors (Lipinski definition) is 2. The van der Waals surface area contributed by atoms with Gasteiger partial charge < -0.3 is 5.73 Å². The molecule has 1 atom stereocenters.